The Bertz CT molecular complexity index is 3560. The van der Waals surface area contributed by atoms with Crippen molar-refractivity contribution in [2.24, 2.45) is 0 Å². The Hall–Kier alpha value is -9.87. The molecule has 0 spiro atoms. The minimum absolute atomic E-state index is 0. The lowest BCUT2D eigenvalue weighted by atomic mass is 10.1. The lowest BCUT2D eigenvalue weighted by molar-refractivity contribution is -0.138. The summed E-state index contributed by atoms with van der Waals surface area (Å²) in [4.78, 5) is 60.1. The Kier molecular flexibility index (Phi) is 17.8. The van der Waals surface area contributed by atoms with Crippen LogP contribution in [0.2, 0.25) is 0 Å². The van der Waals surface area contributed by atoms with Gasteiger partial charge in [0.25, 0.3) is 11.8 Å². The van der Waals surface area contributed by atoms with Crippen molar-refractivity contribution in [2.45, 2.75) is 40.0 Å². The van der Waals surface area contributed by atoms with Crippen LogP contribution in [0.4, 0.5) is 61.0 Å². The number of alkyl halides is 6. The molecular weight excluding hydrogens is 1070 g/mol. The zero-order valence-corrected chi connectivity index (χ0v) is 43.4. The largest absolute Gasteiger partial charge is 0.416 e. The van der Waals surface area contributed by atoms with Crippen LogP contribution < -0.4 is 21.3 Å². The van der Waals surface area contributed by atoms with Gasteiger partial charge >= 0.3 is 12.4 Å². The Morgan fingerprint density at radius 1 is 0.500 bits per heavy atom. The number of carbonyl (C=O) groups excluding carboxylic acids is 2. The summed E-state index contributed by atoms with van der Waals surface area (Å²) in [5.74, 6) is -0.518. The first-order valence-corrected chi connectivity index (χ1v) is 23.6. The quantitative estimate of drug-likeness (QED) is 0.0838. The minimum atomic E-state index is -4.60. The van der Waals surface area contributed by atoms with Gasteiger partial charge in [-0.15, -0.1) is 12.4 Å². The lowest BCUT2D eigenvalue weighted by Gasteiger charge is -2.14. The fourth-order valence-corrected chi connectivity index (χ4v) is 7.75. The van der Waals surface area contributed by atoms with E-state index < -0.39 is 35.3 Å². The maximum atomic E-state index is 13.6. The van der Waals surface area contributed by atoms with E-state index in [-0.39, 0.29) is 51.8 Å². The number of anilines is 6. The number of rotatable bonds is 12. The summed E-state index contributed by atoms with van der Waals surface area (Å²) >= 11 is 0. The number of amides is 2. The van der Waals surface area contributed by atoms with E-state index in [0.29, 0.717) is 46.0 Å². The molecule has 17 nitrogen and oxygen atoms in total. The zero-order chi connectivity index (χ0) is 55.1. The number of pyridine rings is 2. The second-order valence-electron chi connectivity index (χ2n) is 17.6. The van der Waals surface area contributed by atoms with Gasteiger partial charge in [-0.2, -0.15) is 26.3 Å². The maximum Gasteiger partial charge on any atom is 0.416 e. The van der Waals surface area contributed by atoms with Crippen molar-refractivity contribution in [3.05, 3.63) is 216 Å². The molecule has 0 bridgehead atoms. The molecule has 10 rings (SSSR count). The number of hydrogen-bond acceptors (Lipinski definition) is 12. The van der Waals surface area contributed by atoms with E-state index >= 15 is 0 Å². The highest BCUT2D eigenvalue weighted by Crippen LogP contribution is 2.35. The van der Waals surface area contributed by atoms with Gasteiger partial charge in [-0.1, -0.05) is 12.1 Å². The SMILES string of the molecule is Cc1cn(-c2cc(NC(=O)c3ccc(C)c(Nc4nccc(-c5cccnc5)n4)c3)cc(C(F)(F)F)c2)cn1.Cc1cn(-c2cc(NC(=O)c3ccc(C)c(Nc4nccc(-c5cccnc5)n4)c3)cc(C(F)(F)F)c2)cn1.Cl.O. The van der Waals surface area contributed by atoms with Crippen LogP contribution in [0.1, 0.15) is 54.4 Å². The van der Waals surface area contributed by atoms with Gasteiger partial charge in [0, 0.05) is 106 Å². The van der Waals surface area contributed by atoms with Crippen molar-refractivity contribution in [3.8, 4) is 33.9 Å². The van der Waals surface area contributed by atoms with Gasteiger partial charge in [0.15, 0.2) is 0 Å². The molecule has 0 aliphatic carbocycles. The van der Waals surface area contributed by atoms with Crippen molar-refractivity contribution in [3.63, 3.8) is 0 Å². The Labute approximate surface area is 459 Å². The summed E-state index contributed by atoms with van der Waals surface area (Å²) in [6.07, 6.45) is 6.77. The summed E-state index contributed by atoms with van der Waals surface area (Å²) in [6, 6.07) is 27.4. The highest BCUT2D eigenvalue weighted by Gasteiger charge is 2.33. The van der Waals surface area contributed by atoms with Gasteiger partial charge in [0.2, 0.25) is 11.9 Å². The van der Waals surface area contributed by atoms with Gasteiger partial charge in [-0.25, -0.2) is 29.9 Å². The van der Waals surface area contributed by atoms with Crippen molar-refractivity contribution in [1.82, 2.24) is 49.0 Å². The number of aryl methyl sites for hydroxylation is 4. The van der Waals surface area contributed by atoms with Gasteiger partial charge in [-0.05, 0) is 136 Å². The molecule has 0 fully saturated rings. The molecule has 6 aromatic heterocycles. The number of carbonyl (C=O) groups is 2. The van der Waals surface area contributed by atoms with Crippen LogP contribution in [0.5, 0.6) is 0 Å². The third-order valence-corrected chi connectivity index (χ3v) is 11.7. The average Bonchev–Trinajstić information content (AvgIpc) is 4.12. The first kappa shape index (κ1) is 57.8. The summed E-state index contributed by atoms with van der Waals surface area (Å²) in [7, 11) is 0. The van der Waals surface area contributed by atoms with Gasteiger partial charge in [-0.3, -0.25) is 19.6 Å². The summed E-state index contributed by atoms with van der Waals surface area (Å²) < 4.78 is 84.6. The predicted octanol–water partition coefficient (Wildman–Crippen LogP) is 12.3. The first-order chi connectivity index (χ1) is 37.3. The van der Waals surface area contributed by atoms with Crippen LogP contribution in [-0.4, -0.2) is 66.3 Å². The number of nitrogens with zero attached hydrogens (tertiary/aromatic N) is 10. The van der Waals surface area contributed by atoms with Crippen molar-refractivity contribution < 1.29 is 41.4 Å². The third kappa shape index (κ3) is 14.4. The Morgan fingerprint density at radius 3 is 1.26 bits per heavy atom. The number of halogens is 7. The Morgan fingerprint density at radius 2 is 0.912 bits per heavy atom. The molecule has 0 unspecified atom stereocenters. The van der Waals surface area contributed by atoms with Crippen LogP contribution in [0, 0.1) is 27.7 Å². The monoisotopic (exact) mass is 1110 g/mol. The molecule has 408 valence electrons. The second-order valence-corrected chi connectivity index (χ2v) is 17.6. The highest BCUT2D eigenvalue weighted by molar-refractivity contribution is 6.06. The van der Waals surface area contributed by atoms with Crippen LogP contribution in [0.3, 0.4) is 0 Å². The number of nitrogens with one attached hydrogen (secondary N) is 4. The topological polar surface area (TPSA) is 227 Å². The molecule has 0 saturated carbocycles. The van der Waals surface area contributed by atoms with Crippen LogP contribution in [0.25, 0.3) is 33.9 Å². The van der Waals surface area contributed by atoms with Gasteiger partial charge in [0.05, 0.1) is 46.6 Å². The Balaban J connectivity index is 0.000000225. The number of hydrogen-bond donors (Lipinski definition) is 4. The average molecular weight is 1110 g/mol. The second kappa shape index (κ2) is 24.6. The molecule has 0 aliphatic heterocycles. The molecule has 0 saturated heterocycles. The fourth-order valence-electron chi connectivity index (χ4n) is 7.75. The lowest BCUT2D eigenvalue weighted by Crippen LogP contribution is -2.14. The van der Waals surface area contributed by atoms with Crippen molar-refractivity contribution >= 4 is 58.9 Å². The highest BCUT2D eigenvalue weighted by atomic mass is 35.5. The molecule has 6 N–H and O–H groups in total. The van der Waals surface area contributed by atoms with E-state index in [2.05, 4.69) is 61.1 Å². The van der Waals surface area contributed by atoms with E-state index in [4.69, 9.17) is 0 Å². The standard InChI is InChI=1S/2C28H22F3N7O.ClH.H2O/c2*1-17-5-6-19(10-25(17)37-27-33-9-7-24(36-27)20-4-3-8-32-14-20)26(39)35-22-11-21(28(29,30)31)12-23(13-22)38-15-18(2)34-16-38;;/h2*3-16H,1-2H3,(H,35,39)(H,33,36,37);1H;1H2. The zero-order valence-electron chi connectivity index (χ0n) is 42.6. The number of benzene rings is 4. The molecule has 4 aromatic carbocycles. The van der Waals surface area contributed by atoms with Crippen LogP contribution in [-0.2, 0) is 12.4 Å². The molecular formula is C56H47ClF6N14O3. The number of aromatic nitrogens is 10. The van der Waals surface area contributed by atoms with Crippen LogP contribution in [0.15, 0.2) is 171 Å². The molecule has 6 heterocycles. The van der Waals surface area contributed by atoms with Crippen molar-refractivity contribution in [1.29, 1.82) is 0 Å². The number of imidazole rings is 2. The summed E-state index contributed by atoms with van der Waals surface area (Å²) in [5, 5.41) is 11.4. The minimum Gasteiger partial charge on any atom is -0.412 e. The van der Waals surface area contributed by atoms with Gasteiger partial charge in [0.1, 0.15) is 0 Å². The third-order valence-electron chi connectivity index (χ3n) is 11.7. The summed E-state index contributed by atoms with van der Waals surface area (Å²) in [5.41, 5.74) is 6.18. The normalized spacial score (nSPS) is 11.0. The molecule has 24 heteroatoms. The van der Waals surface area contributed by atoms with E-state index in [1.807, 2.05) is 26.0 Å². The van der Waals surface area contributed by atoms with E-state index in [9.17, 15) is 35.9 Å². The van der Waals surface area contributed by atoms with Crippen molar-refractivity contribution in [2.75, 3.05) is 21.3 Å². The van der Waals surface area contributed by atoms with E-state index in [1.165, 1.54) is 33.9 Å². The molecule has 0 atom stereocenters. The smallest absolute Gasteiger partial charge is 0.412 e. The van der Waals surface area contributed by atoms with E-state index in [1.54, 1.807) is 124 Å². The molecule has 2 amide bonds. The first-order valence-electron chi connectivity index (χ1n) is 23.6. The van der Waals surface area contributed by atoms with Gasteiger partial charge < -0.3 is 35.9 Å². The van der Waals surface area contributed by atoms with E-state index in [0.717, 1.165) is 46.5 Å². The summed E-state index contributed by atoms with van der Waals surface area (Å²) in [6.45, 7) is 7.16. The maximum absolute atomic E-state index is 13.6. The molecule has 0 radical (unpaired) electrons. The molecule has 80 heavy (non-hydrogen) atoms. The molecule has 10 aromatic rings. The molecule has 0 aliphatic rings. The van der Waals surface area contributed by atoms with Crippen LogP contribution >= 0.6 is 12.4 Å². The predicted molar refractivity (Wildman–Crippen MR) is 293 cm³/mol. The fraction of sp³-hybridized carbons (Fsp3) is 0.107.